The number of fused-ring (bicyclic) bond motifs is 1. The van der Waals surface area contributed by atoms with Crippen LogP contribution in [-0.2, 0) is 13.0 Å². The lowest BCUT2D eigenvalue weighted by atomic mass is 10.1. The molecule has 0 spiro atoms. The number of nitrogens with one attached hydrogen (secondary N) is 1. The minimum atomic E-state index is -0.0570. The van der Waals surface area contributed by atoms with E-state index in [1.54, 1.807) is 0 Å². The topological polar surface area (TPSA) is 56.1 Å². The quantitative estimate of drug-likeness (QED) is 0.252. The van der Waals surface area contributed by atoms with Crippen molar-refractivity contribution < 1.29 is 9.53 Å². The number of imidazole rings is 1. The van der Waals surface area contributed by atoms with Crippen LogP contribution >= 0.6 is 15.9 Å². The van der Waals surface area contributed by atoms with Crippen LogP contribution in [0.1, 0.15) is 40.2 Å². The van der Waals surface area contributed by atoms with E-state index in [4.69, 9.17) is 9.72 Å². The minimum absolute atomic E-state index is 0.0570. The summed E-state index contributed by atoms with van der Waals surface area (Å²) in [7, 11) is 0. The smallest absolute Gasteiger partial charge is 0.251 e. The summed E-state index contributed by atoms with van der Waals surface area (Å²) < 4.78 is 9.25. The van der Waals surface area contributed by atoms with Crippen molar-refractivity contribution in [2.45, 2.75) is 39.7 Å². The Labute approximate surface area is 209 Å². The van der Waals surface area contributed by atoms with Crippen LogP contribution in [0.15, 0.2) is 71.2 Å². The Morgan fingerprint density at radius 3 is 2.71 bits per heavy atom. The highest BCUT2D eigenvalue weighted by Gasteiger charge is 2.11. The highest BCUT2D eigenvalue weighted by atomic mass is 79.9. The number of halogens is 1. The van der Waals surface area contributed by atoms with Gasteiger partial charge in [0, 0.05) is 29.5 Å². The summed E-state index contributed by atoms with van der Waals surface area (Å²) in [6, 6.07) is 21.8. The molecule has 1 heterocycles. The monoisotopic (exact) mass is 519 g/mol. The Hall–Kier alpha value is -3.12. The fourth-order valence-electron chi connectivity index (χ4n) is 4.03. The summed E-state index contributed by atoms with van der Waals surface area (Å²) in [6.45, 7) is 6.29. The van der Waals surface area contributed by atoms with Crippen LogP contribution in [-0.4, -0.2) is 28.6 Å². The zero-order chi connectivity index (χ0) is 23.9. The number of rotatable bonds is 10. The van der Waals surface area contributed by atoms with Gasteiger partial charge in [0.1, 0.15) is 11.6 Å². The van der Waals surface area contributed by atoms with Crippen molar-refractivity contribution in [1.82, 2.24) is 14.9 Å². The van der Waals surface area contributed by atoms with Gasteiger partial charge in [-0.15, -0.1) is 0 Å². The molecule has 0 aliphatic heterocycles. The van der Waals surface area contributed by atoms with Gasteiger partial charge in [0.15, 0.2) is 0 Å². The third kappa shape index (κ3) is 5.86. The maximum absolute atomic E-state index is 12.4. The molecule has 1 aromatic heterocycles. The molecule has 34 heavy (non-hydrogen) atoms. The lowest BCUT2D eigenvalue weighted by Gasteiger charge is -2.13. The summed E-state index contributed by atoms with van der Waals surface area (Å²) in [5.41, 5.74) is 5.24. The van der Waals surface area contributed by atoms with Crippen molar-refractivity contribution in [2.75, 3.05) is 13.2 Å². The molecule has 0 aliphatic carbocycles. The number of amides is 1. The summed E-state index contributed by atoms with van der Waals surface area (Å²) in [5.74, 6) is 1.94. The number of aryl methyl sites for hydroxylation is 3. The second kappa shape index (κ2) is 11.3. The van der Waals surface area contributed by atoms with Gasteiger partial charge in [0.05, 0.1) is 17.6 Å². The highest BCUT2D eigenvalue weighted by Crippen LogP contribution is 2.21. The van der Waals surface area contributed by atoms with Gasteiger partial charge in [-0.1, -0.05) is 46.3 Å². The van der Waals surface area contributed by atoms with E-state index in [9.17, 15) is 4.79 Å². The van der Waals surface area contributed by atoms with E-state index in [1.807, 2.05) is 42.5 Å². The van der Waals surface area contributed by atoms with Crippen LogP contribution in [0.3, 0.4) is 0 Å². The van der Waals surface area contributed by atoms with Crippen molar-refractivity contribution in [1.29, 1.82) is 0 Å². The Morgan fingerprint density at radius 1 is 1.03 bits per heavy atom. The van der Waals surface area contributed by atoms with E-state index in [1.165, 1.54) is 11.1 Å². The number of ether oxygens (including phenoxy) is 1. The molecule has 0 atom stereocenters. The van der Waals surface area contributed by atoms with E-state index in [0.717, 1.165) is 52.9 Å². The molecule has 1 amide bonds. The Kier molecular flexibility index (Phi) is 8.01. The normalized spacial score (nSPS) is 11.0. The van der Waals surface area contributed by atoms with Crippen molar-refractivity contribution in [3.05, 3.63) is 93.7 Å². The average molecular weight is 520 g/mol. The van der Waals surface area contributed by atoms with Crippen molar-refractivity contribution in [3.63, 3.8) is 0 Å². The number of nitrogens with zero attached hydrogens (tertiary/aromatic N) is 2. The van der Waals surface area contributed by atoms with E-state index >= 15 is 0 Å². The first-order valence-corrected chi connectivity index (χ1v) is 12.5. The summed E-state index contributed by atoms with van der Waals surface area (Å²) >= 11 is 3.41. The summed E-state index contributed by atoms with van der Waals surface area (Å²) in [6.07, 6.45) is 2.51. The zero-order valence-corrected chi connectivity index (χ0v) is 21.3. The van der Waals surface area contributed by atoms with Crippen LogP contribution in [0.2, 0.25) is 0 Å². The fourth-order valence-corrected chi connectivity index (χ4v) is 4.43. The Morgan fingerprint density at radius 2 is 1.85 bits per heavy atom. The molecule has 0 saturated carbocycles. The van der Waals surface area contributed by atoms with E-state index in [2.05, 4.69) is 63.9 Å². The number of hydrogen-bond acceptors (Lipinski definition) is 3. The molecular weight excluding hydrogens is 490 g/mol. The average Bonchev–Trinajstić information content (AvgIpc) is 3.19. The molecule has 3 aromatic carbocycles. The molecule has 5 nitrogen and oxygen atoms in total. The van der Waals surface area contributed by atoms with Crippen molar-refractivity contribution in [3.8, 4) is 5.75 Å². The summed E-state index contributed by atoms with van der Waals surface area (Å²) in [5, 5.41) is 3.01. The Balaban J connectivity index is 1.34. The third-order valence-electron chi connectivity index (χ3n) is 6.02. The predicted molar refractivity (Wildman–Crippen MR) is 141 cm³/mol. The first kappa shape index (κ1) is 24.0. The van der Waals surface area contributed by atoms with E-state index in [-0.39, 0.29) is 5.91 Å². The first-order chi connectivity index (χ1) is 16.5. The maximum atomic E-state index is 12.4. The maximum Gasteiger partial charge on any atom is 0.251 e. The zero-order valence-electron chi connectivity index (χ0n) is 19.7. The van der Waals surface area contributed by atoms with Gasteiger partial charge in [0.2, 0.25) is 0 Å². The fraction of sp³-hybridized carbons (Fsp3) is 0.286. The van der Waals surface area contributed by atoms with E-state index < -0.39 is 0 Å². The van der Waals surface area contributed by atoms with Gasteiger partial charge >= 0.3 is 0 Å². The van der Waals surface area contributed by atoms with Crippen LogP contribution in [0.5, 0.6) is 5.75 Å². The molecule has 0 fully saturated rings. The van der Waals surface area contributed by atoms with Crippen molar-refractivity contribution >= 4 is 32.9 Å². The second-order valence-electron chi connectivity index (χ2n) is 8.44. The standard InChI is InChI=1S/C28H30BrN3O2/c1-20-9-5-14-26(21(20)2)34-18-8-17-32-25-13-4-3-12-24(25)31-27(32)15-7-16-30-28(33)22-10-6-11-23(29)19-22/h3-6,9-14,19H,7-8,15-18H2,1-2H3,(H,30,33). The third-order valence-corrected chi connectivity index (χ3v) is 6.51. The number of para-hydroxylation sites is 2. The van der Waals surface area contributed by atoms with E-state index in [0.29, 0.717) is 18.7 Å². The highest BCUT2D eigenvalue weighted by molar-refractivity contribution is 9.10. The molecule has 0 radical (unpaired) electrons. The molecule has 4 aromatic rings. The van der Waals surface area contributed by atoms with Crippen LogP contribution in [0.25, 0.3) is 11.0 Å². The predicted octanol–water partition coefficient (Wildman–Crippen LogP) is 6.25. The lowest BCUT2D eigenvalue weighted by Crippen LogP contribution is -2.25. The number of carbonyl (C=O) groups is 1. The molecule has 6 heteroatoms. The SMILES string of the molecule is Cc1cccc(OCCCn2c(CCCNC(=O)c3cccc(Br)c3)nc3ccccc32)c1C. The molecule has 0 saturated heterocycles. The molecule has 4 rings (SSSR count). The molecule has 1 N–H and O–H groups in total. The van der Waals surface area contributed by atoms with Gasteiger partial charge < -0.3 is 14.6 Å². The first-order valence-electron chi connectivity index (χ1n) is 11.7. The lowest BCUT2D eigenvalue weighted by molar-refractivity contribution is 0.0953. The minimum Gasteiger partial charge on any atom is -0.493 e. The molecule has 0 aliphatic rings. The van der Waals surface area contributed by atoms with Crippen LogP contribution in [0, 0.1) is 13.8 Å². The Bertz CT molecular complexity index is 1280. The van der Waals surface area contributed by atoms with Gasteiger partial charge in [-0.2, -0.15) is 0 Å². The summed E-state index contributed by atoms with van der Waals surface area (Å²) in [4.78, 5) is 17.3. The van der Waals surface area contributed by atoms with Gasteiger partial charge in [0.25, 0.3) is 5.91 Å². The van der Waals surface area contributed by atoms with Gasteiger partial charge in [-0.25, -0.2) is 4.98 Å². The van der Waals surface area contributed by atoms with Gasteiger partial charge in [-0.05, 0) is 74.2 Å². The second-order valence-corrected chi connectivity index (χ2v) is 9.35. The molecule has 0 unspecified atom stereocenters. The number of benzene rings is 3. The number of carbonyl (C=O) groups excluding carboxylic acids is 1. The van der Waals surface area contributed by atoms with Gasteiger partial charge in [-0.3, -0.25) is 4.79 Å². The van der Waals surface area contributed by atoms with Crippen LogP contribution in [0.4, 0.5) is 0 Å². The molecule has 176 valence electrons. The number of hydrogen-bond donors (Lipinski definition) is 1. The van der Waals surface area contributed by atoms with Crippen LogP contribution < -0.4 is 10.1 Å². The molecule has 0 bridgehead atoms. The largest absolute Gasteiger partial charge is 0.493 e. The number of aromatic nitrogens is 2. The molecular formula is C28H30BrN3O2. The van der Waals surface area contributed by atoms with Crippen molar-refractivity contribution in [2.24, 2.45) is 0 Å².